The number of furan rings is 1. The van der Waals surface area contributed by atoms with Crippen LogP contribution < -0.4 is 15.6 Å². The smallest absolute Gasteiger partial charge is 0.337 e. The average molecular weight is 513 g/mol. The lowest BCUT2D eigenvalue weighted by Gasteiger charge is -2.27. The number of para-hydroxylation sites is 1. The molecule has 0 aliphatic rings. The van der Waals surface area contributed by atoms with Crippen LogP contribution >= 0.6 is 0 Å². The number of hydrogen-bond donors (Lipinski definition) is 1. The molecule has 1 amide bonds. The number of methoxy groups -OCH3 is 2. The zero-order chi connectivity index (χ0) is 27.2. The number of rotatable bonds is 5. The van der Waals surface area contributed by atoms with Crippen LogP contribution in [0.5, 0.6) is 5.75 Å². The molecule has 0 saturated heterocycles. The normalized spacial score (nSPS) is 12.6. The Hall–Kier alpha value is -4.59. The lowest BCUT2D eigenvalue weighted by Crippen LogP contribution is -2.46. The Labute approximate surface area is 218 Å². The number of ether oxygens (including phenoxy) is 2. The first kappa shape index (κ1) is 25.1. The van der Waals surface area contributed by atoms with Crippen LogP contribution in [0.2, 0.25) is 0 Å². The second-order valence-electron chi connectivity index (χ2n) is 10.1. The average Bonchev–Trinajstić information content (AvgIpc) is 3.29. The summed E-state index contributed by atoms with van der Waals surface area (Å²) in [5.74, 6) is -0.252. The number of amides is 1. The monoisotopic (exact) mass is 512 g/mol. The fourth-order valence-corrected chi connectivity index (χ4v) is 4.77. The van der Waals surface area contributed by atoms with E-state index in [9.17, 15) is 14.4 Å². The molecule has 2 aromatic heterocycles. The molecule has 8 heteroatoms. The van der Waals surface area contributed by atoms with Crippen molar-refractivity contribution >= 4 is 44.7 Å². The Morgan fingerprint density at radius 1 is 0.947 bits per heavy atom. The third-order valence-electron chi connectivity index (χ3n) is 6.39. The lowest BCUT2D eigenvalue weighted by atomic mass is 10.00. The van der Waals surface area contributed by atoms with Gasteiger partial charge in [-0.05, 0) is 62.7 Å². The summed E-state index contributed by atoms with van der Waals surface area (Å²) in [6.07, 6.45) is 0. The number of carbonyl (C=O) groups excluding carboxylic acids is 2. The summed E-state index contributed by atoms with van der Waals surface area (Å²) in [4.78, 5) is 40.4. The number of hydrogen-bond acceptors (Lipinski definition) is 6. The van der Waals surface area contributed by atoms with Crippen molar-refractivity contribution in [2.45, 2.75) is 32.4 Å². The topological polar surface area (TPSA) is 99.8 Å². The summed E-state index contributed by atoms with van der Waals surface area (Å²) in [5.41, 5.74) is 0.999. The van der Waals surface area contributed by atoms with Gasteiger partial charge in [-0.25, -0.2) is 4.79 Å². The summed E-state index contributed by atoms with van der Waals surface area (Å²) in [7, 11) is 2.87. The van der Waals surface area contributed by atoms with Gasteiger partial charge in [-0.1, -0.05) is 30.3 Å². The van der Waals surface area contributed by atoms with E-state index in [-0.39, 0.29) is 11.5 Å². The highest BCUT2D eigenvalue weighted by molar-refractivity contribution is 6.18. The molecule has 1 N–H and O–H groups in total. The van der Waals surface area contributed by atoms with Gasteiger partial charge in [0.1, 0.15) is 17.4 Å². The molecule has 194 valence electrons. The molecule has 5 rings (SSSR count). The molecule has 1 atom stereocenters. The van der Waals surface area contributed by atoms with Gasteiger partial charge in [-0.3, -0.25) is 14.2 Å². The summed E-state index contributed by atoms with van der Waals surface area (Å²) in [5, 5.41) is 4.92. The zero-order valence-corrected chi connectivity index (χ0v) is 21.8. The Bertz CT molecular complexity index is 1760. The van der Waals surface area contributed by atoms with E-state index in [4.69, 9.17) is 13.9 Å². The molecule has 2 heterocycles. The maximum absolute atomic E-state index is 14.2. The molecule has 0 aliphatic heterocycles. The standard InChI is InChI=1S/C30H28N2O6/c1-30(2,3)31-27(33)25(17-10-13-19(36-4)14-11-17)32-22-15-12-18(29(35)37-5)16-21(22)24-20-8-6-7-9-23(20)38-26(24)28(32)34/h6-16,25H,1-5H3,(H,31,33). The van der Waals surface area contributed by atoms with E-state index in [0.717, 1.165) is 5.39 Å². The Kier molecular flexibility index (Phi) is 6.18. The van der Waals surface area contributed by atoms with Crippen molar-refractivity contribution in [3.05, 3.63) is 88.2 Å². The van der Waals surface area contributed by atoms with Gasteiger partial charge in [-0.2, -0.15) is 0 Å². The SMILES string of the molecule is COC(=O)c1ccc2c(c1)c1c(oc3ccccc31)c(=O)n2C(C(=O)NC(C)(C)C)c1ccc(OC)cc1. The quantitative estimate of drug-likeness (QED) is 0.325. The van der Waals surface area contributed by atoms with Gasteiger partial charge >= 0.3 is 5.97 Å². The number of aromatic nitrogens is 1. The van der Waals surface area contributed by atoms with Crippen molar-refractivity contribution in [2.24, 2.45) is 0 Å². The van der Waals surface area contributed by atoms with Crippen LogP contribution in [-0.2, 0) is 9.53 Å². The number of carbonyl (C=O) groups is 2. The molecule has 8 nitrogen and oxygen atoms in total. The fraction of sp³-hybridized carbons (Fsp3) is 0.233. The van der Waals surface area contributed by atoms with E-state index < -0.39 is 23.1 Å². The minimum Gasteiger partial charge on any atom is -0.497 e. The molecule has 0 fully saturated rings. The van der Waals surface area contributed by atoms with Crippen molar-refractivity contribution in [3.63, 3.8) is 0 Å². The number of pyridine rings is 1. The third kappa shape index (κ3) is 4.28. The molecule has 1 unspecified atom stereocenters. The highest BCUT2D eigenvalue weighted by atomic mass is 16.5. The van der Waals surface area contributed by atoms with Gasteiger partial charge in [0.05, 0.1) is 25.3 Å². The third-order valence-corrected chi connectivity index (χ3v) is 6.39. The van der Waals surface area contributed by atoms with Crippen LogP contribution in [0.4, 0.5) is 0 Å². The van der Waals surface area contributed by atoms with Gasteiger partial charge in [-0.15, -0.1) is 0 Å². The highest BCUT2D eigenvalue weighted by Gasteiger charge is 2.31. The number of nitrogens with zero attached hydrogens (tertiary/aromatic N) is 1. The molecular weight excluding hydrogens is 484 g/mol. The predicted molar refractivity (Wildman–Crippen MR) is 146 cm³/mol. The van der Waals surface area contributed by atoms with Crippen molar-refractivity contribution < 1.29 is 23.5 Å². The van der Waals surface area contributed by atoms with Crippen LogP contribution in [0.25, 0.3) is 32.8 Å². The zero-order valence-electron chi connectivity index (χ0n) is 21.8. The van der Waals surface area contributed by atoms with Crippen molar-refractivity contribution in [2.75, 3.05) is 14.2 Å². The Morgan fingerprint density at radius 2 is 1.66 bits per heavy atom. The van der Waals surface area contributed by atoms with Crippen LogP contribution in [0.15, 0.2) is 75.9 Å². The highest BCUT2D eigenvalue weighted by Crippen LogP contribution is 2.35. The van der Waals surface area contributed by atoms with Gasteiger partial charge < -0.3 is 19.2 Å². The van der Waals surface area contributed by atoms with Gasteiger partial charge in [0.25, 0.3) is 5.56 Å². The van der Waals surface area contributed by atoms with E-state index in [2.05, 4.69) is 5.32 Å². The molecule has 0 bridgehead atoms. The first-order chi connectivity index (χ1) is 18.1. The maximum Gasteiger partial charge on any atom is 0.337 e. The number of esters is 1. The van der Waals surface area contributed by atoms with E-state index in [0.29, 0.717) is 38.7 Å². The largest absolute Gasteiger partial charge is 0.497 e. The number of benzene rings is 3. The molecule has 0 spiro atoms. The minimum absolute atomic E-state index is 0.0998. The van der Waals surface area contributed by atoms with Crippen molar-refractivity contribution in [3.8, 4) is 5.75 Å². The molecule has 0 saturated carbocycles. The van der Waals surface area contributed by atoms with Crippen molar-refractivity contribution in [1.82, 2.24) is 9.88 Å². The van der Waals surface area contributed by atoms with E-state index in [1.807, 2.05) is 39.0 Å². The second-order valence-corrected chi connectivity index (χ2v) is 10.1. The summed E-state index contributed by atoms with van der Waals surface area (Å²) in [6, 6.07) is 18.2. The van der Waals surface area contributed by atoms with Gasteiger partial charge in [0.2, 0.25) is 11.5 Å². The molecule has 0 aliphatic carbocycles. The summed E-state index contributed by atoms with van der Waals surface area (Å²) < 4.78 is 17.7. The van der Waals surface area contributed by atoms with Crippen LogP contribution in [0, 0.1) is 0 Å². The molecule has 0 radical (unpaired) electrons. The van der Waals surface area contributed by atoms with Crippen LogP contribution in [0.3, 0.4) is 0 Å². The Morgan fingerprint density at radius 3 is 2.32 bits per heavy atom. The predicted octanol–water partition coefficient (Wildman–Crippen LogP) is 5.20. The number of fused-ring (bicyclic) bond motifs is 5. The number of nitrogens with one attached hydrogen (secondary N) is 1. The van der Waals surface area contributed by atoms with Gasteiger partial charge in [0.15, 0.2) is 0 Å². The lowest BCUT2D eigenvalue weighted by molar-refractivity contribution is -0.124. The van der Waals surface area contributed by atoms with Crippen LogP contribution in [0.1, 0.15) is 42.7 Å². The van der Waals surface area contributed by atoms with E-state index in [1.54, 1.807) is 55.6 Å². The molecular formula is C30H28N2O6. The Balaban J connectivity index is 1.90. The summed E-state index contributed by atoms with van der Waals surface area (Å²) in [6.45, 7) is 5.63. The summed E-state index contributed by atoms with van der Waals surface area (Å²) >= 11 is 0. The first-order valence-electron chi connectivity index (χ1n) is 12.2. The van der Waals surface area contributed by atoms with Gasteiger partial charge in [0, 0.05) is 21.7 Å². The maximum atomic E-state index is 14.2. The second kappa shape index (κ2) is 9.37. The fourth-order valence-electron chi connectivity index (χ4n) is 4.77. The van der Waals surface area contributed by atoms with E-state index in [1.165, 1.54) is 11.7 Å². The molecule has 5 aromatic rings. The van der Waals surface area contributed by atoms with Crippen LogP contribution in [-0.4, -0.2) is 36.2 Å². The minimum atomic E-state index is -1.03. The van der Waals surface area contributed by atoms with E-state index >= 15 is 0 Å². The molecule has 3 aromatic carbocycles. The first-order valence-corrected chi connectivity index (χ1v) is 12.2. The van der Waals surface area contributed by atoms with Crippen molar-refractivity contribution in [1.29, 1.82) is 0 Å². The molecule has 38 heavy (non-hydrogen) atoms.